The summed E-state index contributed by atoms with van der Waals surface area (Å²) in [6.07, 6.45) is 10.8. The molecule has 3 aromatic heterocycles. The minimum Gasteiger partial charge on any atom is -0.273 e. The van der Waals surface area contributed by atoms with Crippen LogP contribution in [0.3, 0.4) is 0 Å². The predicted octanol–water partition coefficient (Wildman–Crippen LogP) is 4.16. The highest BCUT2D eigenvalue weighted by atomic mass is 32.2. The van der Waals surface area contributed by atoms with Crippen LogP contribution in [0.5, 0.6) is 0 Å². The second-order valence-electron chi connectivity index (χ2n) is 10.1. The number of thioether (sulfide) groups is 1. The van der Waals surface area contributed by atoms with Gasteiger partial charge in [0.25, 0.3) is 0 Å². The lowest BCUT2D eigenvalue weighted by molar-refractivity contribution is -0.131. The van der Waals surface area contributed by atoms with Crippen molar-refractivity contribution in [3.05, 3.63) is 16.3 Å². The molecule has 34 heavy (non-hydrogen) atoms. The first-order valence-corrected chi connectivity index (χ1v) is 14.3. The number of aromatic nitrogens is 4. The number of fused-ring (bicyclic) bond motifs is 5. The summed E-state index contributed by atoms with van der Waals surface area (Å²) in [4.78, 5) is 32.4. The molecule has 6 rings (SSSR count). The number of nitrogens with one attached hydrogen (secondary N) is 2. The van der Waals surface area contributed by atoms with Gasteiger partial charge in [0.05, 0.1) is 11.1 Å². The average molecular weight is 499 g/mol. The molecule has 0 unspecified atom stereocenters. The van der Waals surface area contributed by atoms with E-state index in [0.717, 1.165) is 73.1 Å². The first-order chi connectivity index (χ1) is 16.6. The lowest BCUT2D eigenvalue weighted by Crippen LogP contribution is -2.45. The van der Waals surface area contributed by atoms with E-state index in [1.165, 1.54) is 35.0 Å². The van der Waals surface area contributed by atoms with Gasteiger partial charge < -0.3 is 0 Å². The van der Waals surface area contributed by atoms with Crippen molar-refractivity contribution in [2.24, 2.45) is 11.8 Å². The van der Waals surface area contributed by atoms with Gasteiger partial charge in [-0.2, -0.15) is 0 Å². The number of carbonyl (C=O) groups excluding carboxylic acids is 2. The molecule has 2 fully saturated rings. The molecule has 180 valence electrons. The zero-order chi connectivity index (χ0) is 23.2. The molecule has 10 heteroatoms. The molecular formula is C24H30N6O2S2. The van der Waals surface area contributed by atoms with Gasteiger partial charge in [-0.1, -0.05) is 37.9 Å². The lowest BCUT2D eigenvalue weighted by Gasteiger charge is -2.20. The highest BCUT2D eigenvalue weighted by Gasteiger charge is 2.32. The molecule has 3 aliphatic rings. The Hall–Kier alpha value is -2.20. The van der Waals surface area contributed by atoms with E-state index in [1.54, 1.807) is 0 Å². The first-order valence-electron chi connectivity index (χ1n) is 12.5. The van der Waals surface area contributed by atoms with E-state index in [1.807, 2.05) is 11.3 Å². The van der Waals surface area contributed by atoms with E-state index < -0.39 is 0 Å². The van der Waals surface area contributed by atoms with Crippen LogP contribution in [-0.4, -0.2) is 37.1 Å². The SMILES string of the molecule is C[C@H]1CCc2c(sc3nc(C4CC4)n4c(SCC(=O)NNC(=O)C5CCCCC5)nnc4c23)C1. The number of aryl methyl sites for hydroxylation is 1. The maximum Gasteiger partial charge on any atom is 0.248 e. The van der Waals surface area contributed by atoms with Gasteiger partial charge in [-0.05, 0) is 56.4 Å². The Bertz CT molecular complexity index is 1260. The number of carbonyl (C=O) groups is 2. The van der Waals surface area contributed by atoms with Gasteiger partial charge in [-0.3, -0.25) is 24.8 Å². The molecule has 0 aliphatic heterocycles. The maximum absolute atomic E-state index is 12.5. The number of thiophene rings is 1. The Kier molecular flexibility index (Phi) is 5.97. The van der Waals surface area contributed by atoms with Crippen LogP contribution in [-0.2, 0) is 22.4 Å². The third kappa shape index (κ3) is 4.19. The monoisotopic (exact) mass is 498 g/mol. The molecule has 2 saturated carbocycles. The summed E-state index contributed by atoms with van der Waals surface area (Å²) in [5, 5.41) is 10.9. The molecule has 0 bridgehead atoms. The Morgan fingerprint density at radius 3 is 2.71 bits per heavy atom. The van der Waals surface area contributed by atoms with Crippen LogP contribution in [0.1, 0.15) is 80.5 Å². The van der Waals surface area contributed by atoms with Crippen LogP contribution in [0.4, 0.5) is 0 Å². The topological polar surface area (TPSA) is 101 Å². The Morgan fingerprint density at radius 1 is 1.09 bits per heavy atom. The fourth-order valence-corrected chi connectivity index (χ4v) is 7.44. The van der Waals surface area contributed by atoms with Crippen LogP contribution in [0, 0.1) is 11.8 Å². The molecule has 0 aromatic carbocycles. The second kappa shape index (κ2) is 9.11. The summed E-state index contributed by atoms with van der Waals surface area (Å²) in [6, 6.07) is 0. The maximum atomic E-state index is 12.5. The van der Waals surface area contributed by atoms with E-state index in [2.05, 4.69) is 32.4 Å². The smallest absolute Gasteiger partial charge is 0.248 e. The van der Waals surface area contributed by atoms with Gasteiger partial charge in [0.15, 0.2) is 10.8 Å². The van der Waals surface area contributed by atoms with Gasteiger partial charge in [-0.25, -0.2) is 4.98 Å². The lowest BCUT2D eigenvalue weighted by atomic mass is 9.89. The van der Waals surface area contributed by atoms with E-state index in [0.29, 0.717) is 17.0 Å². The van der Waals surface area contributed by atoms with E-state index in [4.69, 9.17) is 4.98 Å². The molecule has 8 nitrogen and oxygen atoms in total. The summed E-state index contributed by atoms with van der Waals surface area (Å²) in [6.45, 7) is 2.32. The number of nitrogens with zero attached hydrogens (tertiary/aromatic N) is 4. The van der Waals surface area contributed by atoms with Crippen molar-refractivity contribution in [2.45, 2.75) is 82.2 Å². The minimum atomic E-state index is -0.241. The fraction of sp³-hybridized carbons (Fsp3) is 0.625. The normalized spacial score (nSPS) is 21.0. The Balaban J connectivity index is 1.21. The van der Waals surface area contributed by atoms with E-state index in [9.17, 15) is 9.59 Å². The van der Waals surface area contributed by atoms with Crippen LogP contribution >= 0.6 is 23.1 Å². The molecule has 2 amide bonds. The summed E-state index contributed by atoms with van der Waals surface area (Å²) >= 11 is 3.17. The molecule has 3 aliphatic carbocycles. The zero-order valence-electron chi connectivity index (χ0n) is 19.4. The summed E-state index contributed by atoms with van der Waals surface area (Å²) in [7, 11) is 0. The molecule has 0 spiro atoms. The van der Waals surface area contributed by atoms with Crippen molar-refractivity contribution >= 4 is 50.8 Å². The highest BCUT2D eigenvalue weighted by molar-refractivity contribution is 7.99. The van der Waals surface area contributed by atoms with Crippen molar-refractivity contribution in [2.75, 3.05) is 5.75 Å². The summed E-state index contributed by atoms with van der Waals surface area (Å²) in [5.74, 6) is 2.01. The number of rotatable bonds is 5. The molecule has 3 aromatic rings. The third-order valence-corrected chi connectivity index (χ3v) is 9.45. The van der Waals surface area contributed by atoms with Crippen molar-refractivity contribution in [1.82, 2.24) is 30.4 Å². The molecular weight excluding hydrogens is 468 g/mol. The molecule has 1 atom stereocenters. The Labute approximate surface area is 206 Å². The summed E-state index contributed by atoms with van der Waals surface area (Å²) < 4.78 is 2.09. The van der Waals surface area contributed by atoms with E-state index in [-0.39, 0.29) is 23.5 Å². The Morgan fingerprint density at radius 2 is 1.91 bits per heavy atom. The fourth-order valence-electron chi connectivity index (χ4n) is 5.31. The van der Waals surface area contributed by atoms with Crippen molar-refractivity contribution in [3.8, 4) is 0 Å². The van der Waals surface area contributed by atoms with Crippen LogP contribution in [0.15, 0.2) is 5.16 Å². The summed E-state index contributed by atoms with van der Waals surface area (Å²) in [5.41, 5.74) is 7.47. The van der Waals surface area contributed by atoms with Crippen molar-refractivity contribution in [1.29, 1.82) is 0 Å². The van der Waals surface area contributed by atoms with Crippen LogP contribution in [0.2, 0.25) is 0 Å². The zero-order valence-corrected chi connectivity index (χ0v) is 21.1. The quantitative estimate of drug-likeness (QED) is 0.405. The number of amides is 2. The van der Waals surface area contributed by atoms with Crippen molar-refractivity contribution in [3.63, 3.8) is 0 Å². The van der Waals surface area contributed by atoms with Gasteiger partial charge in [0, 0.05) is 16.7 Å². The van der Waals surface area contributed by atoms with Crippen molar-refractivity contribution < 1.29 is 9.59 Å². The number of hydrogen-bond donors (Lipinski definition) is 2. The second-order valence-corrected chi connectivity index (χ2v) is 12.1. The predicted molar refractivity (Wildman–Crippen MR) is 133 cm³/mol. The van der Waals surface area contributed by atoms with E-state index >= 15 is 0 Å². The molecule has 3 heterocycles. The number of hydrazine groups is 1. The highest BCUT2D eigenvalue weighted by Crippen LogP contribution is 2.44. The third-order valence-electron chi connectivity index (χ3n) is 7.37. The van der Waals surface area contributed by atoms with Crippen LogP contribution in [0.25, 0.3) is 15.9 Å². The van der Waals surface area contributed by atoms with Gasteiger partial charge in [-0.15, -0.1) is 21.5 Å². The molecule has 0 radical (unpaired) electrons. The van der Waals surface area contributed by atoms with Gasteiger partial charge >= 0.3 is 0 Å². The average Bonchev–Trinajstić information content (AvgIpc) is 3.51. The number of hydrogen-bond acceptors (Lipinski definition) is 7. The van der Waals surface area contributed by atoms with Crippen LogP contribution < -0.4 is 10.9 Å². The molecule has 0 saturated heterocycles. The van der Waals surface area contributed by atoms with Gasteiger partial charge in [0.1, 0.15) is 10.7 Å². The van der Waals surface area contributed by atoms with Gasteiger partial charge in [0.2, 0.25) is 11.8 Å². The first kappa shape index (κ1) is 22.3. The standard InChI is InChI=1S/C24H30N6O2S2/c1-13-7-10-16-17(11-13)34-23-19(16)21-27-29-24(30(21)20(25-23)14-8-9-14)33-12-18(31)26-28-22(32)15-5-3-2-4-6-15/h13-15H,2-12H2,1H3,(H,26,31)(H,28,32)/t13-/m0/s1. The largest absolute Gasteiger partial charge is 0.273 e. The molecule has 2 N–H and O–H groups in total. The minimum absolute atomic E-state index is 0.0104.